The molecule has 1 atom stereocenters. The van der Waals surface area contributed by atoms with E-state index >= 15 is 0 Å². The Morgan fingerprint density at radius 1 is 1.18 bits per heavy atom. The second kappa shape index (κ2) is 7.22. The van der Waals surface area contributed by atoms with Crippen molar-refractivity contribution in [3.8, 4) is 0 Å². The van der Waals surface area contributed by atoms with E-state index in [2.05, 4.69) is 10.4 Å². The van der Waals surface area contributed by atoms with Crippen LogP contribution in [0, 0.1) is 11.8 Å². The number of rotatable bonds is 5. The fourth-order valence-corrected chi connectivity index (χ4v) is 6.76. The minimum atomic E-state index is -3.01. The van der Waals surface area contributed by atoms with Crippen LogP contribution in [-0.4, -0.2) is 26.6 Å². The molecule has 0 radical (unpaired) electrons. The number of nitrogens with zero attached hydrogens (tertiary/aromatic N) is 1. The first-order valence-electron chi connectivity index (χ1n) is 10.6. The highest BCUT2D eigenvalue weighted by atomic mass is 32.2. The Bertz CT molecular complexity index is 884. The monoisotopic (exact) mass is 404 g/mol. The molecule has 3 aliphatic rings. The first-order chi connectivity index (χ1) is 13.1. The zero-order valence-electron chi connectivity index (χ0n) is 17.0. The molecule has 0 heterocycles. The van der Waals surface area contributed by atoms with Crippen LogP contribution in [0.5, 0.6) is 0 Å². The molecule has 3 N–H and O–H groups in total. The number of benzene rings is 1. The van der Waals surface area contributed by atoms with E-state index in [4.69, 9.17) is 5.14 Å². The minimum absolute atomic E-state index is 0.177. The summed E-state index contributed by atoms with van der Waals surface area (Å²) < 4.78 is 16.7. The molecule has 6 heteroatoms. The summed E-state index contributed by atoms with van der Waals surface area (Å²) >= 11 is 0. The normalized spacial score (nSPS) is 25.6. The average molecular weight is 405 g/mol. The van der Waals surface area contributed by atoms with Crippen molar-refractivity contribution in [3.05, 3.63) is 33.9 Å². The van der Waals surface area contributed by atoms with Gasteiger partial charge in [-0.3, -0.25) is 4.79 Å². The zero-order chi connectivity index (χ0) is 20.1. The van der Waals surface area contributed by atoms with Gasteiger partial charge in [0.05, 0.1) is 12.0 Å². The molecule has 0 aromatic heterocycles. The summed E-state index contributed by atoms with van der Waals surface area (Å²) in [5.41, 5.74) is 5.89. The van der Waals surface area contributed by atoms with Crippen LogP contribution in [0.1, 0.15) is 67.3 Å². The lowest BCUT2D eigenvalue weighted by Gasteiger charge is -2.42. The zero-order valence-corrected chi connectivity index (χ0v) is 17.8. The van der Waals surface area contributed by atoms with Gasteiger partial charge in [-0.2, -0.15) is 0 Å². The highest BCUT2D eigenvalue weighted by Gasteiger charge is 2.39. The molecule has 5 nitrogen and oxygen atoms in total. The summed E-state index contributed by atoms with van der Waals surface area (Å²) in [7, 11) is -3.01. The molecule has 1 fully saturated rings. The highest BCUT2D eigenvalue weighted by molar-refractivity contribution is 7.91. The Hall–Kier alpha value is -1.24. The molecule has 1 saturated carbocycles. The molecule has 1 unspecified atom stereocenters. The third-order valence-corrected chi connectivity index (χ3v) is 8.35. The lowest BCUT2D eigenvalue weighted by atomic mass is 9.68. The molecule has 4 rings (SSSR count). The number of aliphatic hydroxyl groups is 1. The summed E-state index contributed by atoms with van der Waals surface area (Å²) in [6.07, 6.45) is 8.37. The van der Waals surface area contributed by atoms with E-state index in [1.807, 2.05) is 0 Å². The standard InChI is InChI=1S/C22H32N2O3S/c1-22(2,26)17-9-14(10-17)13-28(23,27)24-21(25)12-20-18-7-3-5-15(18)11-16-6-4-8-19(16)20/h11,14,17,26H,3-10,12-13H2,1-2H3,(H2,23,24,25,27). The van der Waals surface area contributed by atoms with Crippen LogP contribution in [0.2, 0.25) is 0 Å². The summed E-state index contributed by atoms with van der Waals surface area (Å²) in [6, 6.07) is 2.34. The second-order valence-corrected chi connectivity index (χ2v) is 11.4. The van der Waals surface area contributed by atoms with Gasteiger partial charge in [0.25, 0.3) is 5.91 Å². The van der Waals surface area contributed by atoms with Crippen LogP contribution < -0.4 is 5.14 Å². The summed E-state index contributed by atoms with van der Waals surface area (Å²) in [6.45, 7) is 3.61. The van der Waals surface area contributed by atoms with Crippen LogP contribution in [-0.2, 0) is 46.8 Å². The maximum atomic E-state index is 12.7. The maximum Gasteiger partial charge on any atom is 0.259 e. The van der Waals surface area contributed by atoms with Gasteiger partial charge in [-0.25, -0.2) is 9.35 Å². The summed E-state index contributed by atoms with van der Waals surface area (Å²) in [5, 5.41) is 16.0. The Labute approximate surface area is 168 Å². The van der Waals surface area contributed by atoms with Crippen molar-refractivity contribution >= 4 is 15.8 Å². The molecule has 154 valence electrons. The Balaban J connectivity index is 1.47. The van der Waals surface area contributed by atoms with Gasteiger partial charge in [0.15, 0.2) is 0 Å². The number of hydrogen-bond donors (Lipinski definition) is 2. The maximum absolute atomic E-state index is 12.7. The predicted molar refractivity (Wildman–Crippen MR) is 111 cm³/mol. The van der Waals surface area contributed by atoms with E-state index in [-0.39, 0.29) is 29.9 Å². The minimum Gasteiger partial charge on any atom is -0.390 e. The SMILES string of the molecule is CC(C)(O)C1CC(CS(N)(=O)=NC(=O)Cc2c3c(cc4c2CCC4)CCC3)C1. The fraction of sp³-hybridized carbons (Fsp3) is 0.682. The molecule has 28 heavy (non-hydrogen) atoms. The molecule has 1 aromatic rings. The van der Waals surface area contributed by atoms with E-state index in [0.717, 1.165) is 56.9 Å². The number of aryl methyl sites for hydroxylation is 2. The molecule has 3 aliphatic carbocycles. The molecule has 0 saturated heterocycles. The van der Waals surface area contributed by atoms with Crippen molar-refractivity contribution in [2.45, 2.75) is 77.2 Å². The van der Waals surface area contributed by atoms with Crippen molar-refractivity contribution in [3.63, 3.8) is 0 Å². The van der Waals surface area contributed by atoms with Gasteiger partial charge in [0, 0.05) is 5.75 Å². The van der Waals surface area contributed by atoms with Crippen LogP contribution in [0.3, 0.4) is 0 Å². The van der Waals surface area contributed by atoms with E-state index < -0.39 is 15.5 Å². The van der Waals surface area contributed by atoms with Gasteiger partial charge in [-0.05, 0) is 105 Å². The van der Waals surface area contributed by atoms with Crippen LogP contribution in [0.15, 0.2) is 10.4 Å². The predicted octanol–water partition coefficient (Wildman–Crippen LogP) is 2.87. The van der Waals surface area contributed by atoms with Gasteiger partial charge in [-0.1, -0.05) is 6.07 Å². The Morgan fingerprint density at radius 3 is 2.29 bits per heavy atom. The molecule has 0 bridgehead atoms. The van der Waals surface area contributed by atoms with Crippen molar-refractivity contribution in [1.29, 1.82) is 0 Å². The number of carbonyl (C=O) groups is 1. The number of hydrogen-bond acceptors (Lipinski definition) is 3. The first-order valence-corrected chi connectivity index (χ1v) is 12.3. The van der Waals surface area contributed by atoms with Gasteiger partial charge < -0.3 is 5.11 Å². The topological polar surface area (TPSA) is 92.8 Å². The van der Waals surface area contributed by atoms with Crippen molar-refractivity contribution < 1.29 is 14.1 Å². The van der Waals surface area contributed by atoms with E-state index in [0.29, 0.717) is 0 Å². The lowest BCUT2D eigenvalue weighted by Crippen LogP contribution is -2.43. The van der Waals surface area contributed by atoms with Gasteiger partial charge in [0.1, 0.15) is 9.92 Å². The fourth-order valence-electron chi connectivity index (χ4n) is 5.33. The van der Waals surface area contributed by atoms with Crippen LogP contribution in [0.4, 0.5) is 0 Å². The van der Waals surface area contributed by atoms with Crippen LogP contribution >= 0.6 is 0 Å². The van der Waals surface area contributed by atoms with E-state index in [1.165, 1.54) is 22.3 Å². The first kappa shape index (κ1) is 20.0. The van der Waals surface area contributed by atoms with Crippen molar-refractivity contribution in [2.75, 3.05) is 5.75 Å². The number of amides is 1. The molecular formula is C22H32N2O3S. The Kier molecular flexibility index (Phi) is 5.17. The second-order valence-electron chi connectivity index (χ2n) is 9.54. The molecule has 0 spiro atoms. The lowest BCUT2D eigenvalue weighted by molar-refractivity contribution is -0.117. The molecule has 1 aromatic carbocycles. The molecular weight excluding hydrogens is 372 g/mol. The summed E-state index contributed by atoms with van der Waals surface area (Å²) in [4.78, 5) is 12.7. The largest absolute Gasteiger partial charge is 0.390 e. The van der Waals surface area contributed by atoms with Crippen LogP contribution in [0.25, 0.3) is 0 Å². The summed E-state index contributed by atoms with van der Waals surface area (Å²) in [5.74, 6) is 0.282. The van der Waals surface area contributed by atoms with E-state index in [1.54, 1.807) is 13.8 Å². The van der Waals surface area contributed by atoms with Crippen molar-refractivity contribution in [2.24, 2.45) is 21.3 Å². The third-order valence-electron chi connectivity index (χ3n) is 6.89. The smallest absolute Gasteiger partial charge is 0.259 e. The van der Waals surface area contributed by atoms with E-state index in [9.17, 15) is 14.1 Å². The van der Waals surface area contributed by atoms with Gasteiger partial charge >= 0.3 is 0 Å². The van der Waals surface area contributed by atoms with Gasteiger partial charge in [0.2, 0.25) is 0 Å². The average Bonchev–Trinajstić information content (AvgIpc) is 3.17. The quantitative estimate of drug-likeness (QED) is 0.790. The Morgan fingerprint density at radius 2 is 1.75 bits per heavy atom. The van der Waals surface area contributed by atoms with Gasteiger partial charge in [-0.15, -0.1) is 4.36 Å². The highest BCUT2D eigenvalue weighted by Crippen LogP contribution is 2.41. The number of nitrogens with two attached hydrogens (primary N) is 1. The third kappa shape index (κ3) is 4.05. The van der Waals surface area contributed by atoms with Crippen molar-refractivity contribution in [1.82, 2.24) is 0 Å². The number of carbonyl (C=O) groups excluding carboxylic acids is 1. The molecule has 0 aliphatic heterocycles. The number of fused-ring (bicyclic) bond motifs is 2. The molecule has 1 amide bonds.